The minimum Gasteiger partial charge on any atom is -0.384 e. The number of amides is 2. The summed E-state index contributed by atoms with van der Waals surface area (Å²) in [6.07, 6.45) is 1.73. The highest BCUT2D eigenvalue weighted by Gasteiger charge is 2.10. The smallest absolute Gasteiger partial charge is 0.251 e. The molecule has 0 saturated carbocycles. The summed E-state index contributed by atoms with van der Waals surface area (Å²) in [5, 5.41) is 2.79. The first kappa shape index (κ1) is 15.9. The van der Waals surface area contributed by atoms with Crippen molar-refractivity contribution in [2.75, 3.05) is 12.3 Å². The topological polar surface area (TPSA) is 111 Å². The van der Waals surface area contributed by atoms with Crippen LogP contribution in [0.1, 0.15) is 55.1 Å². The average molecular weight is 278 g/mol. The first-order valence-electron chi connectivity index (χ1n) is 6.74. The summed E-state index contributed by atoms with van der Waals surface area (Å²) >= 11 is 0. The van der Waals surface area contributed by atoms with E-state index in [4.69, 9.17) is 11.5 Å². The van der Waals surface area contributed by atoms with Gasteiger partial charge in [-0.1, -0.05) is 13.8 Å². The van der Waals surface area contributed by atoms with Gasteiger partial charge in [-0.2, -0.15) is 0 Å². The summed E-state index contributed by atoms with van der Waals surface area (Å²) in [5.41, 5.74) is 12.0. The number of nitrogen functional groups attached to an aromatic ring is 1. The average Bonchev–Trinajstić information content (AvgIpc) is 2.36. The molecule has 0 bridgehead atoms. The van der Waals surface area contributed by atoms with E-state index in [-0.39, 0.29) is 17.7 Å². The van der Waals surface area contributed by atoms with Crippen molar-refractivity contribution in [1.29, 1.82) is 0 Å². The Kier molecular flexibility index (Phi) is 5.96. The highest BCUT2D eigenvalue weighted by Crippen LogP contribution is 2.15. The van der Waals surface area contributed by atoms with Crippen LogP contribution in [0.4, 0.5) is 5.82 Å². The van der Waals surface area contributed by atoms with Gasteiger partial charge in [0.25, 0.3) is 5.91 Å². The number of aromatic nitrogens is 1. The summed E-state index contributed by atoms with van der Waals surface area (Å²) in [6, 6.07) is 3.31. The molecule has 20 heavy (non-hydrogen) atoms. The Hall–Kier alpha value is -2.11. The van der Waals surface area contributed by atoms with E-state index in [2.05, 4.69) is 10.3 Å². The van der Waals surface area contributed by atoms with Gasteiger partial charge < -0.3 is 16.8 Å². The number of pyridine rings is 1. The standard InChI is InChI=1S/C14H22N4O2/c1-9(2)11-7-10(8-12(15)18-11)14(20)17-6-4-3-5-13(16)19/h7-9H,3-6H2,1-2H3,(H2,15,18)(H2,16,19)(H,17,20). The van der Waals surface area contributed by atoms with Crippen molar-refractivity contribution in [1.82, 2.24) is 10.3 Å². The molecule has 6 nitrogen and oxygen atoms in total. The van der Waals surface area contributed by atoms with Crippen LogP contribution in [-0.4, -0.2) is 23.3 Å². The van der Waals surface area contributed by atoms with E-state index in [1.807, 2.05) is 13.8 Å². The summed E-state index contributed by atoms with van der Waals surface area (Å²) in [4.78, 5) is 26.7. The van der Waals surface area contributed by atoms with E-state index >= 15 is 0 Å². The fourth-order valence-electron chi connectivity index (χ4n) is 1.73. The molecule has 5 N–H and O–H groups in total. The first-order chi connectivity index (χ1) is 9.40. The normalized spacial score (nSPS) is 10.6. The van der Waals surface area contributed by atoms with E-state index in [1.54, 1.807) is 12.1 Å². The highest BCUT2D eigenvalue weighted by atomic mass is 16.2. The lowest BCUT2D eigenvalue weighted by molar-refractivity contribution is -0.118. The van der Waals surface area contributed by atoms with E-state index < -0.39 is 0 Å². The van der Waals surface area contributed by atoms with E-state index in [0.717, 1.165) is 5.69 Å². The van der Waals surface area contributed by atoms with Gasteiger partial charge in [0.15, 0.2) is 0 Å². The minimum absolute atomic E-state index is 0.180. The van der Waals surface area contributed by atoms with Crippen LogP contribution in [0.15, 0.2) is 12.1 Å². The highest BCUT2D eigenvalue weighted by molar-refractivity contribution is 5.94. The van der Waals surface area contributed by atoms with Crippen LogP contribution in [0, 0.1) is 0 Å². The molecule has 0 aliphatic heterocycles. The third kappa shape index (κ3) is 5.26. The van der Waals surface area contributed by atoms with Crippen molar-refractivity contribution in [3.63, 3.8) is 0 Å². The summed E-state index contributed by atoms with van der Waals surface area (Å²) in [7, 11) is 0. The summed E-state index contributed by atoms with van der Waals surface area (Å²) in [5.74, 6) is 0.0515. The molecule has 0 unspecified atom stereocenters. The lowest BCUT2D eigenvalue weighted by Gasteiger charge is -2.09. The number of primary amides is 1. The van der Waals surface area contributed by atoms with Crippen molar-refractivity contribution < 1.29 is 9.59 Å². The predicted octanol–water partition coefficient (Wildman–Crippen LogP) is 1.17. The van der Waals surface area contributed by atoms with Crippen molar-refractivity contribution in [2.45, 2.75) is 39.0 Å². The molecule has 0 aliphatic carbocycles. The minimum atomic E-state index is -0.320. The molecule has 1 aromatic rings. The zero-order valence-corrected chi connectivity index (χ0v) is 12.0. The third-order valence-electron chi connectivity index (χ3n) is 2.85. The fourth-order valence-corrected chi connectivity index (χ4v) is 1.73. The molecule has 2 amide bonds. The predicted molar refractivity (Wildman–Crippen MR) is 78.1 cm³/mol. The van der Waals surface area contributed by atoms with Crippen LogP contribution in [0.5, 0.6) is 0 Å². The van der Waals surface area contributed by atoms with Crippen LogP contribution in [0.3, 0.4) is 0 Å². The summed E-state index contributed by atoms with van der Waals surface area (Å²) in [6.45, 7) is 4.49. The lowest BCUT2D eigenvalue weighted by Crippen LogP contribution is -2.25. The number of nitrogens with zero attached hydrogens (tertiary/aromatic N) is 1. The largest absolute Gasteiger partial charge is 0.384 e. The maximum absolute atomic E-state index is 12.0. The fraction of sp³-hybridized carbons (Fsp3) is 0.500. The molecule has 0 atom stereocenters. The van der Waals surface area contributed by atoms with Crippen LogP contribution in [-0.2, 0) is 4.79 Å². The molecule has 0 fully saturated rings. The second-order valence-electron chi connectivity index (χ2n) is 5.04. The van der Waals surface area contributed by atoms with Gasteiger partial charge in [0.1, 0.15) is 5.82 Å². The molecule has 0 aromatic carbocycles. The lowest BCUT2D eigenvalue weighted by atomic mass is 10.1. The van der Waals surface area contributed by atoms with Gasteiger partial charge in [-0.15, -0.1) is 0 Å². The number of nitrogens with two attached hydrogens (primary N) is 2. The third-order valence-corrected chi connectivity index (χ3v) is 2.85. The Bertz CT molecular complexity index is 486. The van der Waals surface area contributed by atoms with Gasteiger partial charge in [-0.3, -0.25) is 9.59 Å². The van der Waals surface area contributed by atoms with Gasteiger partial charge in [0.05, 0.1) is 0 Å². The maximum Gasteiger partial charge on any atom is 0.251 e. The molecular weight excluding hydrogens is 256 g/mol. The van der Waals surface area contributed by atoms with Gasteiger partial charge in [0, 0.05) is 24.2 Å². The molecule has 0 radical (unpaired) electrons. The van der Waals surface area contributed by atoms with Crippen molar-refractivity contribution in [3.05, 3.63) is 23.4 Å². The molecule has 0 spiro atoms. The van der Waals surface area contributed by atoms with Crippen LogP contribution >= 0.6 is 0 Å². The molecule has 1 heterocycles. The Morgan fingerprint density at radius 1 is 1.30 bits per heavy atom. The molecule has 0 saturated heterocycles. The number of anilines is 1. The number of carbonyl (C=O) groups excluding carboxylic acids is 2. The molecule has 1 aromatic heterocycles. The van der Waals surface area contributed by atoms with Crippen molar-refractivity contribution in [3.8, 4) is 0 Å². The van der Waals surface area contributed by atoms with Gasteiger partial charge in [0.2, 0.25) is 5.91 Å². The first-order valence-corrected chi connectivity index (χ1v) is 6.74. The van der Waals surface area contributed by atoms with Crippen molar-refractivity contribution >= 4 is 17.6 Å². The molecule has 0 aliphatic rings. The number of nitrogens with one attached hydrogen (secondary N) is 1. The Balaban J connectivity index is 2.53. The molecule has 6 heteroatoms. The van der Waals surface area contributed by atoms with Gasteiger partial charge >= 0.3 is 0 Å². The van der Waals surface area contributed by atoms with Gasteiger partial charge in [-0.25, -0.2) is 4.98 Å². The Morgan fingerprint density at radius 2 is 2.00 bits per heavy atom. The molecule has 110 valence electrons. The second kappa shape index (κ2) is 7.47. The van der Waals surface area contributed by atoms with Crippen LogP contribution in [0.2, 0.25) is 0 Å². The SMILES string of the molecule is CC(C)c1cc(C(=O)NCCCCC(N)=O)cc(N)n1. The van der Waals surface area contributed by atoms with Crippen molar-refractivity contribution in [2.24, 2.45) is 5.73 Å². The van der Waals surface area contributed by atoms with E-state index in [1.165, 1.54) is 0 Å². The number of hydrogen-bond donors (Lipinski definition) is 3. The number of hydrogen-bond acceptors (Lipinski definition) is 4. The maximum atomic E-state index is 12.0. The number of unbranched alkanes of at least 4 members (excludes halogenated alkanes) is 1. The monoisotopic (exact) mass is 278 g/mol. The summed E-state index contributed by atoms with van der Waals surface area (Å²) < 4.78 is 0. The number of carbonyl (C=O) groups is 2. The Morgan fingerprint density at radius 3 is 2.60 bits per heavy atom. The molecular formula is C14H22N4O2. The van der Waals surface area contributed by atoms with Crippen LogP contribution < -0.4 is 16.8 Å². The molecule has 1 rings (SSSR count). The number of rotatable bonds is 7. The zero-order chi connectivity index (χ0) is 15.1. The quantitative estimate of drug-likeness (QED) is 0.650. The van der Waals surface area contributed by atoms with Gasteiger partial charge in [-0.05, 0) is 30.9 Å². The second-order valence-corrected chi connectivity index (χ2v) is 5.04. The zero-order valence-electron chi connectivity index (χ0n) is 12.0. The van der Waals surface area contributed by atoms with Crippen LogP contribution in [0.25, 0.3) is 0 Å². The van der Waals surface area contributed by atoms with E-state index in [9.17, 15) is 9.59 Å². The Labute approximate surface area is 118 Å². The van der Waals surface area contributed by atoms with E-state index in [0.29, 0.717) is 37.2 Å².